The molecule has 0 saturated carbocycles. The molecule has 2 aromatic carbocycles. The Labute approximate surface area is 143 Å². The highest BCUT2D eigenvalue weighted by Gasteiger charge is 2.11. The summed E-state index contributed by atoms with van der Waals surface area (Å²) in [6, 6.07) is 17.4. The van der Waals surface area contributed by atoms with Crippen molar-refractivity contribution in [3.05, 3.63) is 72.2 Å². The van der Waals surface area contributed by atoms with E-state index >= 15 is 0 Å². The molecule has 124 valence electrons. The van der Waals surface area contributed by atoms with Gasteiger partial charge in [0.05, 0.1) is 29.9 Å². The summed E-state index contributed by atoms with van der Waals surface area (Å²) in [5.41, 5.74) is 3.25. The zero-order valence-corrected chi connectivity index (χ0v) is 13.4. The van der Waals surface area contributed by atoms with Crippen molar-refractivity contribution in [3.8, 4) is 11.5 Å². The Morgan fingerprint density at radius 1 is 1.08 bits per heavy atom. The molecule has 0 saturated heterocycles. The molecule has 0 fully saturated rings. The van der Waals surface area contributed by atoms with Gasteiger partial charge in [-0.3, -0.25) is 9.89 Å². The van der Waals surface area contributed by atoms with Crippen LogP contribution in [-0.2, 0) is 17.8 Å². The lowest BCUT2D eigenvalue weighted by atomic mass is 10.1. The number of rotatable bonds is 5. The number of nitrogens with one attached hydrogen (secondary N) is 2. The molecular formula is C19H16N4O2. The van der Waals surface area contributed by atoms with Gasteiger partial charge in [0.1, 0.15) is 6.26 Å². The van der Waals surface area contributed by atoms with Gasteiger partial charge in [-0.15, -0.1) is 0 Å². The van der Waals surface area contributed by atoms with E-state index in [0.29, 0.717) is 18.1 Å². The fraction of sp³-hybridized carbons (Fsp3) is 0.105. The largest absolute Gasteiger partial charge is 0.444 e. The highest BCUT2D eigenvalue weighted by atomic mass is 16.3. The summed E-state index contributed by atoms with van der Waals surface area (Å²) in [4.78, 5) is 16.6. The molecule has 25 heavy (non-hydrogen) atoms. The van der Waals surface area contributed by atoms with Crippen molar-refractivity contribution < 1.29 is 9.21 Å². The van der Waals surface area contributed by atoms with Gasteiger partial charge in [-0.25, -0.2) is 4.98 Å². The molecule has 1 amide bonds. The number of aromatic amines is 1. The van der Waals surface area contributed by atoms with Gasteiger partial charge in [0.2, 0.25) is 11.8 Å². The summed E-state index contributed by atoms with van der Waals surface area (Å²) in [7, 11) is 0. The van der Waals surface area contributed by atoms with Crippen molar-refractivity contribution >= 4 is 16.8 Å². The molecule has 6 nitrogen and oxygen atoms in total. The number of hydrogen-bond acceptors (Lipinski definition) is 4. The summed E-state index contributed by atoms with van der Waals surface area (Å²) < 4.78 is 5.47. The van der Waals surface area contributed by atoms with Gasteiger partial charge in [0.15, 0.2) is 0 Å². The Morgan fingerprint density at radius 3 is 2.76 bits per heavy atom. The van der Waals surface area contributed by atoms with E-state index in [1.54, 1.807) is 6.26 Å². The third kappa shape index (κ3) is 3.28. The first-order valence-corrected chi connectivity index (χ1v) is 7.98. The van der Waals surface area contributed by atoms with Crippen LogP contribution in [0, 0.1) is 0 Å². The van der Waals surface area contributed by atoms with Crippen LogP contribution in [0.5, 0.6) is 0 Å². The SMILES string of the molecule is O=C(Cc1[nH]nc2ccccc12)NCc1coc(-c2ccccc2)n1. The van der Waals surface area contributed by atoms with E-state index in [9.17, 15) is 4.79 Å². The smallest absolute Gasteiger partial charge is 0.226 e. The molecule has 0 unspecified atom stereocenters. The zero-order chi connectivity index (χ0) is 17.1. The van der Waals surface area contributed by atoms with Gasteiger partial charge in [0.25, 0.3) is 0 Å². The Morgan fingerprint density at radius 2 is 1.88 bits per heavy atom. The predicted molar refractivity (Wildman–Crippen MR) is 93.6 cm³/mol. The van der Waals surface area contributed by atoms with E-state index in [4.69, 9.17) is 4.42 Å². The lowest BCUT2D eigenvalue weighted by molar-refractivity contribution is -0.120. The van der Waals surface area contributed by atoms with Crippen molar-refractivity contribution in [3.63, 3.8) is 0 Å². The van der Waals surface area contributed by atoms with Crippen LogP contribution in [0.1, 0.15) is 11.4 Å². The average molecular weight is 332 g/mol. The number of carbonyl (C=O) groups is 1. The number of nitrogens with zero attached hydrogens (tertiary/aromatic N) is 2. The van der Waals surface area contributed by atoms with E-state index in [0.717, 1.165) is 22.2 Å². The van der Waals surface area contributed by atoms with Crippen molar-refractivity contribution in [2.24, 2.45) is 0 Å². The summed E-state index contributed by atoms with van der Waals surface area (Å²) in [6.07, 6.45) is 1.80. The number of amides is 1. The number of carbonyl (C=O) groups excluding carboxylic acids is 1. The van der Waals surface area contributed by atoms with Crippen LogP contribution in [0.15, 0.2) is 65.3 Å². The number of aromatic nitrogens is 3. The minimum Gasteiger partial charge on any atom is -0.444 e. The lowest BCUT2D eigenvalue weighted by Crippen LogP contribution is -2.24. The van der Waals surface area contributed by atoms with Gasteiger partial charge in [0, 0.05) is 10.9 Å². The number of oxazole rings is 1. The number of fused-ring (bicyclic) bond motifs is 1. The molecular weight excluding hydrogens is 316 g/mol. The molecule has 0 bridgehead atoms. The van der Waals surface area contributed by atoms with Crippen molar-refractivity contribution in [2.45, 2.75) is 13.0 Å². The van der Waals surface area contributed by atoms with Crippen molar-refractivity contribution in [2.75, 3.05) is 0 Å². The van der Waals surface area contributed by atoms with Crippen LogP contribution >= 0.6 is 0 Å². The normalized spacial score (nSPS) is 10.9. The number of benzene rings is 2. The fourth-order valence-electron chi connectivity index (χ4n) is 2.66. The van der Waals surface area contributed by atoms with E-state index in [1.807, 2.05) is 54.6 Å². The summed E-state index contributed by atoms with van der Waals surface area (Å²) in [5.74, 6) is 0.447. The maximum Gasteiger partial charge on any atom is 0.226 e. The van der Waals surface area contributed by atoms with Crippen molar-refractivity contribution in [1.82, 2.24) is 20.5 Å². The first kappa shape index (κ1) is 15.1. The van der Waals surface area contributed by atoms with Crippen LogP contribution in [0.2, 0.25) is 0 Å². The fourth-order valence-corrected chi connectivity index (χ4v) is 2.66. The molecule has 0 aliphatic carbocycles. The Kier molecular flexibility index (Phi) is 4.00. The van der Waals surface area contributed by atoms with Crippen LogP contribution in [-0.4, -0.2) is 21.1 Å². The van der Waals surface area contributed by atoms with Gasteiger partial charge < -0.3 is 9.73 Å². The molecule has 0 spiro atoms. The third-order valence-corrected chi connectivity index (χ3v) is 3.92. The number of H-pyrrole nitrogens is 1. The van der Waals surface area contributed by atoms with Gasteiger partial charge >= 0.3 is 0 Å². The molecule has 6 heteroatoms. The number of para-hydroxylation sites is 1. The van der Waals surface area contributed by atoms with E-state index in [1.165, 1.54) is 0 Å². The molecule has 4 rings (SSSR count). The van der Waals surface area contributed by atoms with Crippen molar-refractivity contribution in [1.29, 1.82) is 0 Å². The Bertz CT molecular complexity index is 1000. The van der Waals surface area contributed by atoms with Gasteiger partial charge in [-0.1, -0.05) is 36.4 Å². The topological polar surface area (TPSA) is 83.8 Å². The second-order valence-electron chi connectivity index (χ2n) is 5.68. The maximum atomic E-state index is 12.2. The van der Waals surface area contributed by atoms with Crippen LogP contribution in [0.25, 0.3) is 22.4 Å². The van der Waals surface area contributed by atoms with Crippen LogP contribution < -0.4 is 5.32 Å². The second-order valence-corrected chi connectivity index (χ2v) is 5.68. The molecule has 4 aromatic rings. The van der Waals surface area contributed by atoms with Crippen LogP contribution in [0.3, 0.4) is 0 Å². The van der Waals surface area contributed by atoms with Gasteiger partial charge in [-0.2, -0.15) is 5.10 Å². The molecule has 0 aliphatic rings. The molecule has 0 radical (unpaired) electrons. The minimum absolute atomic E-state index is 0.0985. The maximum absolute atomic E-state index is 12.2. The Balaban J connectivity index is 1.38. The molecule has 2 heterocycles. The summed E-state index contributed by atoms with van der Waals surface area (Å²) in [6.45, 7) is 0.321. The average Bonchev–Trinajstić information content (AvgIpc) is 3.28. The van der Waals surface area contributed by atoms with E-state index in [-0.39, 0.29) is 12.3 Å². The van der Waals surface area contributed by atoms with E-state index < -0.39 is 0 Å². The van der Waals surface area contributed by atoms with Gasteiger partial charge in [-0.05, 0) is 18.2 Å². The predicted octanol–water partition coefficient (Wildman–Crippen LogP) is 3.08. The Hall–Kier alpha value is -3.41. The highest BCUT2D eigenvalue weighted by molar-refractivity contribution is 5.87. The molecule has 2 N–H and O–H groups in total. The quantitative estimate of drug-likeness (QED) is 0.588. The minimum atomic E-state index is -0.0985. The standard InChI is InChI=1S/C19H16N4O2/c24-18(10-17-15-8-4-5-9-16(15)22-23-17)20-11-14-12-25-19(21-14)13-6-2-1-3-7-13/h1-9,12H,10-11H2,(H,20,24)(H,22,23). The summed E-state index contributed by atoms with van der Waals surface area (Å²) in [5, 5.41) is 10.9. The highest BCUT2D eigenvalue weighted by Crippen LogP contribution is 2.18. The lowest BCUT2D eigenvalue weighted by Gasteiger charge is -2.02. The van der Waals surface area contributed by atoms with E-state index in [2.05, 4.69) is 20.5 Å². The molecule has 2 aromatic heterocycles. The number of hydrogen-bond donors (Lipinski definition) is 2. The molecule has 0 atom stereocenters. The third-order valence-electron chi connectivity index (χ3n) is 3.92. The second kappa shape index (κ2) is 6.60. The van der Waals surface area contributed by atoms with Crippen LogP contribution in [0.4, 0.5) is 0 Å². The monoisotopic (exact) mass is 332 g/mol. The molecule has 0 aliphatic heterocycles. The zero-order valence-electron chi connectivity index (χ0n) is 13.4. The first-order chi connectivity index (χ1) is 12.3. The summed E-state index contributed by atoms with van der Waals surface area (Å²) >= 11 is 0. The first-order valence-electron chi connectivity index (χ1n) is 7.98.